The van der Waals surface area contributed by atoms with E-state index < -0.39 is 0 Å². The summed E-state index contributed by atoms with van der Waals surface area (Å²) < 4.78 is 0. The maximum atomic E-state index is 2.12. The molecule has 0 nitrogen and oxygen atoms in total. The molecule has 0 aliphatic carbocycles. The van der Waals surface area contributed by atoms with Crippen LogP contribution < -0.4 is 0 Å². The van der Waals surface area contributed by atoms with Gasteiger partial charge in [-0.15, -0.1) is 0 Å². The molecule has 0 aromatic heterocycles. The Balaban J connectivity index is -0.0000000720. The Morgan fingerprint density at radius 2 is 1.00 bits per heavy atom. The van der Waals surface area contributed by atoms with Crippen molar-refractivity contribution in [3.05, 3.63) is 12.8 Å². The van der Waals surface area contributed by atoms with Crippen LogP contribution in [0.4, 0.5) is 0 Å². The van der Waals surface area contributed by atoms with Gasteiger partial charge in [-0.2, -0.15) is 26.7 Å². The smallest absolute Gasteiger partial charge is 0.332 e. The van der Waals surface area contributed by atoms with Crippen molar-refractivity contribution in [2.75, 3.05) is 0 Å². The van der Waals surface area contributed by atoms with Crippen molar-refractivity contribution < 1.29 is 0 Å². The third-order valence-electron chi connectivity index (χ3n) is 0.816. The molecule has 0 heterocycles. The minimum absolute atomic E-state index is 0. The quantitative estimate of drug-likeness (QED) is 0.476. The third-order valence-corrected chi connectivity index (χ3v) is 0.816. The van der Waals surface area contributed by atoms with Crippen LogP contribution in [0.2, 0.25) is 0 Å². The first-order valence-corrected chi connectivity index (χ1v) is 3.39. The Hall–Kier alpha value is 1.48. The molecule has 0 amide bonds. The van der Waals surface area contributed by atoms with Gasteiger partial charge in [-0.1, -0.05) is 13.8 Å². The van der Waals surface area contributed by atoms with Crippen LogP contribution in [-0.2, 0) is 0 Å². The topological polar surface area (TPSA) is 0 Å². The Bertz CT molecular complexity index is 12.5. The molecule has 9 heavy (non-hydrogen) atoms. The van der Waals surface area contributed by atoms with E-state index in [-0.39, 0.29) is 45.5 Å². The molecule has 0 aliphatic heterocycles. The van der Waals surface area contributed by atoms with Gasteiger partial charge < -0.3 is 12.8 Å². The van der Waals surface area contributed by atoms with Crippen LogP contribution in [0.1, 0.15) is 40.5 Å². The maximum Gasteiger partial charge on any atom is 2.00 e. The van der Waals surface area contributed by atoms with E-state index in [0.717, 1.165) is 0 Å². The number of hydrogen-bond acceptors (Lipinski definition) is 0. The third kappa shape index (κ3) is 43.8. The molecule has 52 valence electrons. The van der Waals surface area contributed by atoms with Crippen LogP contribution in [-0.4, -0.2) is 45.5 Å². The van der Waals surface area contributed by atoms with Gasteiger partial charge >= 0.3 is 45.5 Å². The van der Waals surface area contributed by atoms with Gasteiger partial charge in [0, 0.05) is 0 Å². The van der Waals surface area contributed by atoms with E-state index in [4.69, 9.17) is 0 Å². The minimum Gasteiger partial charge on any atom is -0.332 e. The van der Waals surface area contributed by atoms with E-state index in [1.807, 2.05) is 0 Å². The zero-order valence-electron chi connectivity index (χ0n) is 7.28. The molecule has 0 saturated carbocycles. The van der Waals surface area contributed by atoms with Gasteiger partial charge in [0.15, 0.2) is 0 Å². The fourth-order valence-corrected chi connectivity index (χ4v) is 0. The molecule has 0 fully saturated rings. The average molecular weight is 202 g/mol. The van der Waals surface area contributed by atoms with Crippen molar-refractivity contribution in [2.45, 2.75) is 40.5 Å². The molecule has 1 heteroatoms. The van der Waals surface area contributed by atoms with Crippen molar-refractivity contribution in [3.8, 4) is 0 Å². The maximum absolute atomic E-state index is 2.12. The van der Waals surface area contributed by atoms with Crippen molar-refractivity contribution in [1.29, 1.82) is 0 Å². The fourth-order valence-electron chi connectivity index (χ4n) is 0. The predicted octanol–water partition coefficient (Wildman–Crippen LogP) is 2.86. The fraction of sp³-hybridized carbons (Fsp3) is 0.750. The number of unbranched alkanes of at least 4 members (excludes halogenated alkanes) is 2. The Labute approximate surface area is 97.7 Å². The first-order valence-electron chi connectivity index (χ1n) is 3.39. The van der Waals surface area contributed by atoms with Crippen LogP contribution in [0.5, 0.6) is 0 Å². The van der Waals surface area contributed by atoms with Crippen molar-refractivity contribution in [3.63, 3.8) is 0 Å². The second kappa shape index (κ2) is 22.7. The molecular formula is C8H18Sr. The molecule has 0 aliphatic rings. The summed E-state index contributed by atoms with van der Waals surface area (Å²) in [4.78, 5) is 0. The van der Waals surface area contributed by atoms with Crippen molar-refractivity contribution in [1.82, 2.24) is 0 Å². The van der Waals surface area contributed by atoms with Crippen LogP contribution >= 0.6 is 0 Å². The van der Waals surface area contributed by atoms with Crippen LogP contribution in [0.3, 0.4) is 0 Å². The molecule has 0 N–H and O–H groups in total. The SMILES string of the molecule is C[CH-]CC.C[CH-]CC.[Sr+2]. The largest absolute Gasteiger partial charge is 2.00 e. The molecular weight excluding hydrogens is 184 g/mol. The molecule has 0 unspecified atom stereocenters. The Morgan fingerprint density at radius 1 is 0.889 bits per heavy atom. The summed E-state index contributed by atoms with van der Waals surface area (Å²) in [5, 5.41) is 0. The number of rotatable bonds is 2. The zero-order valence-corrected chi connectivity index (χ0v) is 10.8. The summed E-state index contributed by atoms with van der Waals surface area (Å²) in [6, 6.07) is 0. The monoisotopic (exact) mass is 202 g/mol. The molecule has 0 radical (unpaired) electrons. The summed E-state index contributed by atoms with van der Waals surface area (Å²) in [5.41, 5.74) is 0. The van der Waals surface area contributed by atoms with Gasteiger partial charge in [-0.3, -0.25) is 0 Å². The molecule has 0 aromatic rings. The summed E-state index contributed by atoms with van der Waals surface area (Å²) in [6.07, 6.45) is 6.64. The van der Waals surface area contributed by atoms with Gasteiger partial charge in [0.1, 0.15) is 0 Å². The average Bonchev–Trinajstić information content (AvgIpc) is 1.88. The van der Waals surface area contributed by atoms with Crippen LogP contribution in [0.25, 0.3) is 0 Å². The molecule has 0 saturated heterocycles. The van der Waals surface area contributed by atoms with E-state index in [0.29, 0.717) is 0 Å². The Kier molecular flexibility index (Phi) is 42.5. The van der Waals surface area contributed by atoms with Crippen LogP contribution in [0.15, 0.2) is 0 Å². The molecule has 0 spiro atoms. The van der Waals surface area contributed by atoms with E-state index in [2.05, 4.69) is 40.5 Å². The van der Waals surface area contributed by atoms with Crippen molar-refractivity contribution in [2.24, 2.45) is 0 Å². The predicted molar refractivity (Wildman–Crippen MR) is 46.3 cm³/mol. The summed E-state index contributed by atoms with van der Waals surface area (Å²) >= 11 is 0. The van der Waals surface area contributed by atoms with Crippen molar-refractivity contribution >= 4 is 45.5 Å². The summed E-state index contributed by atoms with van der Waals surface area (Å²) in [6.45, 7) is 8.36. The standard InChI is InChI=1S/2C4H9.Sr/c2*1-3-4-2;/h2*3H,4H2,1-2H3;/q2*-1;+2. The van der Waals surface area contributed by atoms with Gasteiger partial charge in [0.05, 0.1) is 0 Å². The second-order valence-electron chi connectivity index (χ2n) is 1.63. The van der Waals surface area contributed by atoms with Gasteiger partial charge in [0.25, 0.3) is 0 Å². The molecule has 0 rings (SSSR count). The molecule has 0 aromatic carbocycles. The second-order valence-corrected chi connectivity index (χ2v) is 1.63. The van der Waals surface area contributed by atoms with Crippen LogP contribution in [0, 0.1) is 12.8 Å². The molecule has 0 atom stereocenters. The number of hydrogen-bond donors (Lipinski definition) is 0. The summed E-state index contributed by atoms with van der Waals surface area (Å²) in [5.74, 6) is 0. The normalized spacial score (nSPS) is 6.67. The molecule has 0 bridgehead atoms. The van der Waals surface area contributed by atoms with E-state index in [1.165, 1.54) is 12.8 Å². The van der Waals surface area contributed by atoms with E-state index >= 15 is 0 Å². The summed E-state index contributed by atoms with van der Waals surface area (Å²) in [7, 11) is 0. The zero-order chi connectivity index (χ0) is 6.83. The Morgan fingerprint density at radius 3 is 1.00 bits per heavy atom. The van der Waals surface area contributed by atoms with E-state index in [9.17, 15) is 0 Å². The van der Waals surface area contributed by atoms with Gasteiger partial charge in [-0.05, 0) is 0 Å². The van der Waals surface area contributed by atoms with Gasteiger partial charge in [-0.25, -0.2) is 0 Å². The minimum atomic E-state index is 0. The van der Waals surface area contributed by atoms with Gasteiger partial charge in [0.2, 0.25) is 0 Å². The first kappa shape index (κ1) is 16.8. The first-order chi connectivity index (χ1) is 3.83. The van der Waals surface area contributed by atoms with E-state index in [1.54, 1.807) is 0 Å².